The molecule has 1 aliphatic rings. The topological polar surface area (TPSA) is 32.3 Å². The molecule has 0 amide bonds. The molecule has 0 saturated carbocycles. The van der Waals surface area contributed by atoms with Gasteiger partial charge in [-0.05, 0) is 25.3 Å². The minimum absolute atomic E-state index is 0. The van der Waals surface area contributed by atoms with Crippen LogP contribution in [0, 0.1) is 5.82 Å². The molecule has 2 nitrogen and oxygen atoms in total. The smallest absolute Gasteiger partial charge is 0.129 e. The molecular formula is C15H23ClFNO. The zero-order valence-electron chi connectivity index (χ0n) is 11.3. The highest BCUT2D eigenvalue weighted by Gasteiger charge is 2.28. The number of hydrogen-bond acceptors (Lipinski definition) is 2. The molecule has 1 saturated heterocycles. The van der Waals surface area contributed by atoms with Gasteiger partial charge in [0.2, 0.25) is 0 Å². The van der Waals surface area contributed by atoms with Crippen LogP contribution in [0.3, 0.4) is 0 Å². The lowest BCUT2D eigenvalue weighted by molar-refractivity contribution is 0.0966. The van der Waals surface area contributed by atoms with Crippen LogP contribution in [0.25, 0.3) is 0 Å². The molecule has 1 aromatic carbocycles. The van der Waals surface area contributed by atoms with Crippen LogP contribution in [0.5, 0.6) is 0 Å². The molecule has 19 heavy (non-hydrogen) atoms. The van der Waals surface area contributed by atoms with Gasteiger partial charge in [-0.2, -0.15) is 0 Å². The van der Waals surface area contributed by atoms with E-state index in [2.05, 4.69) is 12.2 Å². The first-order chi connectivity index (χ1) is 8.72. The molecule has 1 heterocycles. The summed E-state index contributed by atoms with van der Waals surface area (Å²) in [6, 6.07) is 6.95. The average Bonchev–Trinajstić information content (AvgIpc) is 2.39. The van der Waals surface area contributed by atoms with E-state index in [-0.39, 0.29) is 24.3 Å². The van der Waals surface area contributed by atoms with Crippen LogP contribution in [0.2, 0.25) is 0 Å². The lowest BCUT2D eigenvalue weighted by atomic mass is 9.90. The first kappa shape index (κ1) is 16.4. The lowest BCUT2D eigenvalue weighted by Gasteiger charge is -2.34. The summed E-state index contributed by atoms with van der Waals surface area (Å²) in [5.41, 5.74) is 0.409. The van der Waals surface area contributed by atoms with E-state index in [1.165, 1.54) is 6.07 Å². The summed E-state index contributed by atoms with van der Waals surface area (Å²) in [7, 11) is 0. The van der Waals surface area contributed by atoms with Gasteiger partial charge in [-0.25, -0.2) is 4.39 Å². The van der Waals surface area contributed by atoms with Crippen molar-refractivity contribution in [3.8, 4) is 0 Å². The molecule has 1 unspecified atom stereocenters. The minimum atomic E-state index is -0.745. The molecule has 2 rings (SSSR count). The minimum Gasteiger partial charge on any atom is -0.387 e. The maximum Gasteiger partial charge on any atom is 0.129 e. The molecule has 108 valence electrons. The van der Waals surface area contributed by atoms with Gasteiger partial charge in [0.25, 0.3) is 0 Å². The van der Waals surface area contributed by atoms with Crippen LogP contribution >= 0.6 is 12.4 Å². The molecule has 1 fully saturated rings. The fraction of sp³-hybridized carbons (Fsp3) is 0.600. The van der Waals surface area contributed by atoms with Crippen LogP contribution < -0.4 is 5.32 Å². The number of aliphatic hydroxyl groups is 1. The van der Waals surface area contributed by atoms with E-state index >= 15 is 0 Å². The summed E-state index contributed by atoms with van der Waals surface area (Å²) in [5, 5.41) is 13.8. The van der Waals surface area contributed by atoms with Crippen molar-refractivity contribution in [2.75, 3.05) is 0 Å². The Morgan fingerprint density at radius 1 is 1.37 bits per heavy atom. The second kappa shape index (κ2) is 7.83. The molecule has 0 spiro atoms. The van der Waals surface area contributed by atoms with Gasteiger partial charge >= 0.3 is 0 Å². The molecule has 4 heteroatoms. The Labute approximate surface area is 120 Å². The largest absolute Gasteiger partial charge is 0.387 e. The molecule has 1 aliphatic heterocycles. The van der Waals surface area contributed by atoms with Gasteiger partial charge in [0.1, 0.15) is 5.82 Å². The zero-order valence-corrected chi connectivity index (χ0v) is 12.1. The molecule has 0 radical (unpaired) electrons. The van der Waals surface area contributed by atoms with Crippen molar-refractivity contribution < 1.29 is 9.50 Å². The normalized spacial score (nSPS) is 24.6. The van der Waals surface area contributed by atoms with Gasteiger partial charge in [0.05, 0.1) is 6.10 Å². The van der Waals surface area contributed by atoms with Crippen molar-refractivity contribution in [3.63, 3.8) is 0 Å². The summed E-state index contributed by atoms with van der Waals surface area (Å²) in [5.74, 6) is -0.315. The summed E-state index contributed by atoms with van der Waals surface area (Å²) in [4.78, 5) is 0. The van der Waals surface area contributed by atoms with Gasteiger partial charge in [0.15, 0.2) is 0 Å². The highest BCUT2D eigenvalue weighted by Crippen LogP contribution is 2.27. The van der Waals surface area contributed by atoms with E-state index in [1.807, 2.05) is 0 Å². The first-order valence-electron chi connectivity index (χ1n) is 6.91. The average molecular weight is 288 g/mol. The van der Waals surface area contributed by atoms with Gasteiger partial charge in [0, 0.05) is 17.6 Å². The molecule has 0 aromatic heterocycles. The van der Waals surface area contributed by atoms with Gasteiger partial charge in [-0.15, -0.1) is 12.4 Å². The van der Waals surface area contributed by atoms with Crippen LogP contribution in [-0.4, -0.2) is 17.2 Å². The van der Waals surface area contributed by atoms with Crippen molar-refractivity contribution in [2.24, 2.45) is 0 Å². The molecule has 0 bridgehead atoms. The first-order valence-corrected chi connectivity index (χ1v) is 6.91. The lowest BCUT2D eigenvalue weighted by Crippen LogP contribution is -2.45. The highest BCUT2D eigenvalue weighted by molar-refractivity contribution is 5.85. The number of nitrogens with one attached hydrogen (secondary N) is 1. The number of halogens is 2. The van der Waals surface area contributed by atoms with Gasteiger partial charge in [-0.3, -0.25) is 0 Å². The summed E-state index contributed by atoms with van der Waals surface area (Å²) in [6.45, 7) is 2.17. The Morgan fingerprint density at radius 3 is 2.79 bits per heavy atom. The Bertz CT molecular complexity index is 386. The second-order valence-electron chi connectivity index (χ2n) is 5.16. The summed E-state index contributed by atoms with van der Waals surface area (Å²) < 4.78 is 13.7. The van der Waals surface area contributed by atoms with Crippen LogP contribution in [0.1, 0.15) is 50.7 Å². The van der Waals surface area contributed by atoms with Crippen LogP contribution in [-0.2, 0) is 0 Å². The Hall–Kier alpha value is -0.640. The van der Waals surface area contributed by atoms with E-state index in [0.717, 1.165) is 32.1 Å². The van der Waals surface area contributed by atoms with Crippen LogP contribution in [0.15, 0.2) is 24.3 Å². The third kappa shape index (κ3) is 4.16. The zero-order chi connectivity index (χ0) is 13.0. The number of rotatable bonds is 4. The second-order valence-corrected chi connectivity index (χ2v) is 5.16. The van der Waals surface area contributed by atoms with Gasteiger partial charge < -0.3 is 10.4 Å². The standard InChI is InChI=1S/C15H22FNO.ClH/c1-2-6-11-7-5-10-14(17-11)15(18)12-8-3-4-9-13(12)16;/h3-4,8-9,11,14-15,17-18H,2,5-7,10H2,1H3;1H/t11-,14-,15?;/m1./s1. The Balaban J connectivity index is 0.00000180. The van der Waals surface area contributed by atoms with Crippen molar-refractivity contribution in [1.29, 1.82) is 0 Å². The molecule has 3 atom stereocenters. The monoisotopic (exact) mass is 287 g/mol. The number of hydrogen-bond donors (Lipinski definition) is 2. The third-order valence-corrected chi connectivity index (χ3v) is 3.76. The highest BCUT2D eigenvalue weighted by atomic mass is 35.5. The summed E-state index contributed by atoms with van der Waals surface area (Å²) in [6.07, 6.45) is 4.70. The van der Waals surface area contributed by atoms with E-state index in [1.54, 1.807) is 18.2 Å². The van der Waals surface area contributed by atoms with E-state index < -0.39 is 6.10 Å². The van der Waals surface area contributed by atoms with Crippen LogP contribution in [0.4, 0.5) is 4.39 Å². The SMILES string of the molecule is CCC[C@@H]1CCC[C@H](C(O)c2ccccc2F)N1.Cl. The van der Waals surface area contributed by atoms with Crippen molar-refractivity contribution in [2.45, 2.75) is 57.2 Å². The maximum absolute atomic E-state index is 13.7. The number of aliphatic hydroxyl groups excluding tert-OH is 1. The fourth-order valence-electron chi connectivity index (χ4n) is 2.81. The Kier molecular flexibility index (Phi) is 6.76. The van der Waals surface area contributed by atoms with E-state index in [4.69, 9.17) is 0 Å². The fourth-order valence-corrected chi connectivity index (χ4v) is 2.81. The number of benzene rings is 1. The quantitative estimate of drug-likeness (QED) is 0.887. The predicted molar refractivity (Wildman–Crippen MR) is 78.1 cm³/mol. The Morgan fingerprint density at radius 2 is 2.11 bits per heavy atom. The van der Waals surface area contributed by atoms with Crippen molar-refractivity contribution >= 4 is 12.4 Å². The molecule has 1 aromatic rings. The molecule has 0 aliphatic carbocycles. The third-order valence-electron chi connectivity index (χ3n) is 3.76. The van der Waals surface area contributed by atoms with Gasteiger partial charge in [-0.1, -0.05) is 38.0 Å². The molecular weight excluding hydrogens is 265 g/mol. The molecule has 2 N–H and O–H groups in total. The summed E-state index contributed by atoms with van der Waals surface area (Å²) >= 11 is 0. The van der Waals surface area contributed by atoms with E-state index in [9.17, 15) is 9.50 Å². The number of piperidine rings is 1. The maximum atomic E-state index is 13.7. The predicted octanol–water partition coefficient (Wildman–Crippen LogP) is 3.59. The van der Waals surface area contributed by atoms with Crippen molar-refractivity contribution in [3.05, 3.63) is 35.6 Å². The van der Waals surface area contributed by atoms with Crippen molar-refractivity contribution in [1.82, 2.24) is 5.32 Å². The van der Waals surface area contributed by atoms with E-state index in [0.29, 0.717) is 11.6 Å².